The van der Waals surface area contributed by atoms with Gasteiger partial charge in [0.15, 0.2) is 0 Å². The van der Waals surface area contributed by atoms with Gasteiger partial charge < -0.3 is 4.62 Å². The van der Waals surface area contributed by atoms with Crippen molar-refractivity contribution in [1.29, 1.82) is 0 Å². The first-order chi connectivity index (χ1) is 9.93. The number of nitrogens with zero attached hydrogens (tertiary/aromatic N) is 2. The van der Waals surface area contributed by atoms with Crippen LogP contribution in [0.3, 0.4) is 0 Å². The maximum absolute atomic E-state index is 12.5. The lowest BCUT2D eigenvalue weighted by atomic mass is 10.00. The minimum Gasteiger partial charge on any atom is -0.303 e. The summed E-state index contributed by atoms with van der Waals surface area (Å²) in [6.07, 6.45) is 2.75. The van der Waals surface area contributed by atoms with E-state index in [4.69, 9.17) is 9.15 Å². The fraction of sp³-hybridized carbons (Fsp3) is 0.846. The summed E-state index contributed by atoms with van der Waals surface area (Å²) in [5, 5.41) is 4.53. The van der Waals surface area contributed by atoms with Gasteiger partial charge in [-0.05, 0) is 49.6 Å². The van der Waals surface area contributed by atoms with Crippen LogP contribution in [0.15, 0.2) is 10.1 Å². The van der Waals surface area contributed by atoms with Crippen LogP contribution in [0, 0.1) is 0 Å². The minimum atomic E-state index is -3.22. The molecule has 8 heteroatoms. The molecule has 0 aromatic rings. The Hall–Kier alpha value is 0.0300. The topological polar surface area (TPSA) is 60.2 Å². The Morgan fingerprint density at radius 2 is 2.10 bits per heavy atom. The molecule has 2 unspecified atom stereocenters. The van der Waals surface area contributed by atoms with Crippen LogP contribution >= 0.6 is 29.9 Å². The zero-order chi connectivity index (χ0) is 15.9. The third kappa shape index (κ3) is 5.31. The molecule has 0 N–H and O–H groups in total. The summed E-state index contributed by atoms with van der Waals surface area (Å²) in [5.41, 5.74) is 1.10. The second-order valence-corrected chi connectivity index (χ2v) is 10.3. The molecule has 1 aliphatic rings. The summed E-state index contributed by atoms with van der Waals surface area (Å²) in [6, 6.07) is 0. The van der Waals surface area contributed by atoms with Crippen molar-refractivity contribution in [2.45, 2.75) is 58.6 Å². The van der Waals surface area contributed by atoms with E-state index in [-0.39, 0.29) is 4.75 Å². The van der Waals surface area contributed by atoms with Crippen LogP contribution in [-0.2, 0) is 13.7 Å². The van der Waals surface area contributed by atoms with Gasteiger partial charge in [-0.15, -0.1) is 0 Å². The molecule has 5 nitrogen and oxygen atoms in total. The van der Waals surface area contributed by atoms with Gasteiger partial charge in [0.2, 0.25) is 5.17 Å². The van der Waals surface area contributed by atoms with Crippen LogP contribution in [0.25, 0.3) is 0 Å². The van der Waals surface area contributed by atoms with Crippen LogP contribution in [0.2, 0.25) is 0 Å². The third-order valence-electron chi connectivity index (χ3n) is 3.13. The van der Waals surface area contributed by atoms with Gasteiger partial charge in [-0.25, -0.2) is 9.56 Å². The third-order valence-corrected chi connectivity index (χ3v) is 8.23. The lowest BCUT2D eigenvalue weighted by Gasteiger charge is -2.21. The van der Waals surface area contributed by atoms with E-state index in [0.29, 0.717) is 17.5 Å². The molecule has 21 heavy (non-hydrogen) atoms. The summed E-state index contributed by atoms with van der Waals surface area (Å²) in [6.45, 7) is 7.29. The first-order valence-electron chi connectivity index (χ1n) is 7.35. The van der Waals surface area contributed by atoms with Crippen molar-refractivity contribution in [2.24, 2.45) is 10.1 Å². The van der Waals surface area contributed by atoms with Gasteiger partial charge in [-0.1, -0.05) is 32.5 Å². The van der Waals surface area contributed by atoms with Crippen molar-refractivity contribution in [1.82, 2.24) is 0 Å². The van der Waals surface area contributed by atoms with E-state index < -0.39 is 6.80 Å². The highest BCUT2D eigenvalue weighted by molar-refractivity contribution is 8.55. The molecule has 122 valence electrons. The van der Waals surface area contributed by atoms with Crippen molar-refractivity contribution in [3.8, 4) is 0 Å². The predicted octanol–water partition coefficient (Wildman–Crippen LogP) is 5.33. The highest BCUT2D eigenvalue weighted by Crippen LogP contribution is 2.61. The van der Waals surface area contributed by atoms with Gasteiger partial charge in [-0.2, -0.15) is 0 Å². The number of aliphatic imine (C=N–C) groups is 1. The molecule has 1 heterocycles. The number of amidine groups is 1. The average Bonchev–Trinajstić information content (AvgIpc) is 2.81. The second kappa shape index (κ2) is 8.61. The molecule has 0 amide bonds. The number of hydrogen-bond acceptors (Lipinski definition) is 6. The molecular weight excluding hydrogens is 327 g/mol. The molecule has 0 bridgehead atoms. The maximum Gasteiger partial charge on any atom is 0.460 e. The van der Waals surface area contributed by atoms with Gasteiger partial charge in [0.25, 0.3) is 0 Å². The fourth-order valence-corrected chi connectivity index (χ4v) is 6.02. The second-order valence-electron chi connectivity index (χ2n) is 4.75. The van der Waals surface area contributed by atoms with E-state index in [1.807, 2.05) is 6.92 Å². The van der Waals surface area contributed by atoms with E-state index in [0.717, 1.165) is 25.0 Å². The highest BCUT2D eigenvalue weighted by Gasteiger charge is 2.37. The van der Waals surface area contributed by atoms with Crippen LogP contribution < -0.4 is 0 Å². The van der Waals surface area contributed by atoms with E-state index >= 15 is 0 Å². The summed E-state index contributed by atoms with van der Waals surface area (Å²) in [7, 11) is 0. The van der Waals surface area contributed by atoms with Crippen molar-refractivity contribution in [3.63, 3.8) is 0 Å². The molecule has 0 fully saturated rings. The Labute approximate surface area is 136 Å². The van der Waals surface area contributed by atoms with Gasteiger partial charge >= 0.3 is 6.80 Å². The standard InChI is InChI=1S/C13H25N2O3PS2/c1-6-10-20-19(16,17-9-4)18-15-12-14-11(7-2)13(5,8-3)21-12/h6-10H2,1-5H3/b15-12+. The highest BCUT2D eigenvalue weighted by atomic mass is 32.7. The molecule has 0 aromatic heterocycles. The summed E-state index contributed by atoms with van der Waals surface area (Å²) in [4.78, 5) is 4.49. The zero-order valence-electron chi connectivity index (χ0n) is 13.4. The molecule has 0 aromatic carbocycles. The average molecular weight is 352 g/mol. The first kappa shape index (κ1) is 19.1. The van der Waals surface area contributed by atoms with Crippen molar-refractivity contribution < 1.29 is 13.7 Å². The van der Waals surface area contributed by atoms with E-state index in [1.54, 1.807) is 18.7 Å². The first-order valence-corrected chi connectivity index (χ1v) is 11.3. The Kier molecular flexibility index (Phi) is 7.82. The molecule has 0 saturated heterocycles. The smallest absolute Gasteiger partial charge is 0.303 e. The van der Waals surface area contributed by atoms with Crippen LogP contribution in [0.1, 0.15) is 53.9 Å². The Morgan fingerprint density at radius 1 is 1.38 bits per heavy atom. The quantitative estimate of drug-likeness (QED) is 0.415. The summed E-state index contributed by atoms with van der Waals surface area (Å²) >= 11 is 2.75. The van der Waals surface area contributed by atoms with Crippen molar-refractivity contribution in [3.05, 3.63) is 0 Å². The monoisotopic (exact) mass is 352 g/mol. The van der Waals surface area contributed by atoms with E-state index in [9.17, 15) is 4.57 Å². The van der Waals surface area contributed by atoms with Crippen molar-refractivity contribution >= 4 is 40.8 Å². The molecule has 0 spiro atoms. The summed E-state index contributed by atoms with van der Waals surface area (Å²) in [5.74, 6) is 0.714. The molecule has 0 saturated carbocycles. The maximum atomic E-state index is 12.5. The number of oxime groups is 1. The molecule has 2 atom stereocenters. The molecule has 0 radical (unpaired) electrons. The summed E-state index contributed by atoms with van der Waals surface area (Å²) < 4.78 is 22.9. The van der Waals surface area contributed by atoms with Crippen LogP contribution in [0.5, 0.6) is 0 Å². The van der Waals surface area contributed by atoms with Gasteiger partial charge in [0.1, 0.15) is 0 Å². The van der Waals surface area contributed by atoms with Gasteiger partial charge in [0.05, 0.1) is 11.4 Å². The van der Waals surface area contributed by atoms with Gasteiger partial charge in [-0.3, -0.25) is 4.52 Å². The molecule has 1 aliphatic heterocycles. The zero-order valence-corrected chi connectivity index (χ0v) is 15.9. The molecule has 0 aliphatic carbocycles. The largest absolute Gasteiger partial charge is 0.460 e. The van der Waals surface area contributed by atoms with Gasteiger partial charge in [0, 0.05) is 11.5 Å². The number of thioether (sulfide) groups is 1. The minimum absolute atomic E-state index is 0.0386. The SMILES string of the molecule is CCCSP(=O)(OCC)O/N=C1\N=C(CC)C(C)(CC)S1. The number of rotatable bonds is 9. The van der Waals surface area contributed by atoms with Crippen molar-refractivity contribution in [2.75, 3.05) is 12.4 Å². The normalized spacial score (nSPS) is 26.7. The predicted molar refractivity (Wildman–Crippen MR) is 94.5 cm³/mol. The fourth-order valence-electron chi connectivity index (χ4n) is 1.82. The molecular formula is C13H25N2O3PS2. The van der Waals surface area contributed by atoms with Crippen LogP contribution in [-0.4, -0.2) is 28.0 Å². The lowest BCUT2D eigenvalue weighted by molar-refractivity contribution is 0.236. The lowest BCUT2D eigenvalue weighted by Crippen LogP contribution is -2.26. The Balaban J connectivity index is 2.79. The Bertz CT molecular complexity index is 457. The molecule has 1 rings (SSSR count). The Morgan fingerprint density at radius 3 is 2.57 bits per heavy atom. The number of hydrogen-bond donors (Lipinski definition) is 0. The van der Waals surface area contributed by atoms with Crippen LogP contribution in [0.4, 0.5) is 0 Å². The van der Waals surface area contributed by atoms with E-state index in [2.05, 4.69) is 30.9 Å². The van der Waals surface area contributed by atoms with E-state index in [1.165, 1.54) is 11.4 Å².